The van der Waals surface area contributed by atoms with Crippen molar-refractivity contribution in [3.8, 4) is 45.0 Å². The van der Waals surface area contributed by atoms with E-state index in [1.165, 1.54) is 125 Å². The Balaban J connectivity index is 0.000000216. The van der Waals surface area contributed by atoms with Crippen LogP contribution < -0.4 is 35.9 Å². The van der Waals surface area contributed by atoms with E-state index in [9.17, 15) is 0 Å². The first-order chi connectivity index (χ1) is 41.1. The summed E-state index contributed by atoms with van der Waals surface area (Å²) in [4.78, 5) is 0. The fourth-order valence-electron chi connectivity index (χ4n) is 13.2. The van der Waals surface area contributed by atoms with E-state index < -0.39 is 53.1 Å². The first-order valence-corrected chi connectivity index (χ1v) is 62.9. The number of hydrogen-bond donors (Lipinski definition) is 0. The Kier molecular flexibility index (Phi) is 26.3. The van der Waals surface area contributed by atoms with Gasteiger partial charge in [0.1, 0.15) is 0 Å². The van der Waals surface area contributed by atoms with Crippen molar-refractivity contribution in [3.63, 3.8) is 0 Å². The van der Waals surface area contributed by atoms with Gasteiger partial charge in [0.15, 0.2) is 0 Å². The molecule has 0 fully saturated rings. The molecule has 0 aliphatic heterocycles. The SMILES string of the molecule is CCC(CC)c1ccc(C)c(-c2cc(C)[c]([Ge]([CH3])([CH3])[CH3])c[n+]2C)c1.Cc1cc(C(C)C)ccc1-c1cc(C)[c]([Ge]([CH3])([CH3])[CH3])c[n+]1C.Cc1cc(CC(C)C)ccc1-c1cc(C)[c]([Ge]([CH3])([CH3])[CH3])c[n+]1C.Cc1ccc(-c2cc(C)[c]([Ge]([CH3])([CH3])[CH3])c[n+]2C)c(C)c1. The van der Waals surface area contributed by atoms with Crippen LogP contribution in [0.2, 0.25) is 69.1 Å². The van der Waals surface area contributed by atoms with E-state index in [4.69, 9.17) is 0 Å². The molecule has 0 saturated heterocycles. The fourth-order valence-corrected chi connectivity index (χ4v) is 28.6. The van der Waals surface area contributed by atoms with Gasteiger partial charge in [-0.1, -0.05) is 0 Å². The predicted octanol–water partition coefficient (Wildman–Crippen LogP) is 17.9. The van der Waals surface area contributed by atoms with Gasteiger partial charge >= 0.3 is 561 Å². The van der Waals surface area contributed by atoms with Crippen molar-refractivity contribution >= 4 is 70.6 Å². The molecule has 0 bridgehead atoms. The van der Waals surface area contributed by atoms with E-state index in [0.717, 1.165) is 6.42 Å². The van der Waals surface area contributed by atoms with Gasteiger partial charge in [-0.2, -0.15) is 0 Å². The van der Waals surface area contributed by atoms with Crippen LogP contribution in [0.15, 0.2) is 122 Å². The number of aryl methyl sites for hydroxylation is 13. The molecular formula is C81H122Ge4N4+4. The summed E-state index contributed by atoms with van der Waals surface area (Å²) in [6.45, 7) is 33.8. The molecule has 8 aromatic rings. The van der Waals surface area contributed by atoms with E-state index in [1.807, 2.05) is 0 Å². The van der Waals surface area contributed by atoms with Crippen molar-refractivity contribution in [2.45, 2.75) is 204 Å². The number of nitrogens with zero attached hydrogens (tertiary/aromatic N) is 4. The van der Waals surface area contributed by atoms with Crippen molar-refractivity contribution in [3.05, 3.63) is 189 Å². The Morgan fingerprint density at radius 3 is 0.966 bits per heavy atom. The van der Waals surface area contributed by atoms with E-state index >= 15 is 0 Å². The summed E-state index contributed by atoms with van der Waals surface area (Å²) in [6.07, 6.45) is 13.1. The molecule has 4 heterocycles. The summed E-state index contributed by atoms with van der Waals surface area (Å²) < 4.78 is 15.7. The Bertz CT molecular complexity index is 3760. The third-order valence-corrected chi connectivity index (χ3v) is 36.2. The Morgan fingerprint density at radius 2 is 0.652 bits per heavy atom. The molecule has 8 rings (SSSR count). The van der Waals surface area contributed by atoms with Crippen LogP contribution >= 0.6 is 0 Å². The van der Waals surface area contributed by atoms with Crippen LogP contribution in [0.1, 0.15) is 133 Å². The van der Waals surface area contributed by atoms with Crippen LogP contribution in [0.25, 0.3) is 45.0 Å². The number of hydrogen-bond acceptors (Lipinski definition) is 0. The first-order valence-electron chi connectivity index (χ1n) is 33.5. The standard InChI is InChI=1S/C22H34GeN.C21H32GeN.C20H30GeN.C18H26GeN/c1-9-18(10-2)19-12-11-16(3)20(14-19)22-13-17(4)21(15-24(22)8)23(5,6)7;1-15(2)11-18-9-10-19(16(3)12-18)21-13-17(4)20(14-23(21)8)22(5,6)7;1-14(2)17-9-10-18(15(3)11-17)20-12-16(4)19(13-22(20)8)21(5,6)7;1-13-8-9-16(14(2)10-13)18-11-15(3)17(12-20(18)7)19(4,5)6/h11-15,18H,9-10H2,1-8H3;9-10,12-15H,11H2,1-8H3;9-14H,1-8H3;8-12H,1-7H3/q4*+1. The Hall–Kier alpha value is -4.35. The number of benzene rings is 4. The molecular weight excluding hydrogens is 1320 g/mol. The summed E-state index contributed by atoms with van der Waals surface area (Å²) in [5.74, 6) is 31.5. The second-order valence-electron chi connectivity index (χ2n) is 31.3. The molecule has 0 N–H and O–H groups in total. The minimum atomic E-state index is -1.83. The quantitative estimate of drug-likeness (QED) is 0.0762. The van der Waals surface area contributed by atoms with Gasteiger partial charge in [-0.25, -0.2) is 0 Å². The number of pyridine rings is 4. The van der Waals surface area contributed by atoms with Crippen LogP contribution in [0, 0.1) is 68.2 Å². The first kappa shape index (κ1) is 75.4. The molecule has 4 aromatic carbocycles. The average Bonchev–Trinajstić information content (AvgIpc) is 1.06. The molecule has 0 spiro atoms. The molecule has 0 radical (unpaired) electrons. The molecule has 0 unspecified atom stereocenters. The minimum absolute atomic E-state index is 0.583. The van der Waals surface area contributed by atoms with Crippen molar-refractivity contribution < 1.29 is 18.3 Å². The molecule has 8 heteroatoms. The van der Waals surface area contributed by atoms with E-state index in [0.29, 0.717) is 17.8 Å². The number of aromatic nitrogens is 4. The third-order valence-electron chi connectivity index (χ3n) is 18.2. The van der Waals surface area contributed by atoms with Gasteiger partial charge in [0, 0.05) is 0 Å². The maximum atomic E-state index is 2.47. The summed E-state index contributed by atoms with van der Waals surface area (Å²) in [6, 6.07) is 37.2. The van der Waals surface area contributed by atoms with E-state index in [2.05, 4.69) is 341 Å². The molecule has 0 aliphatic carbocycles. The fraction of sp³-hybridized carbons (Fsp3) is 0.457. The van der Waals surface area contributed by atoms with Gasteiger partial charge in [-0.3, -0.25) is 0 Å². The maximum absolute atomic E-state index is 2.47. The Labute approximate surface area is 555 Å². The average molecular weight is 1440 g/mol. The van der Waals surface area contributed by atoms with Crippen LogP contribution in [-0.2, 0) is 34.6 Å². The van der Waals surface area contributed by atoms with Crippen molar-refractivity contribution in [1.82, 2.24) is 0 Å². The van der Waals surface area contributed by atoms with E-state index in [-0.39, 0.29) is 0 Å². The summed E-state index contributed by atoms with van der Waals surface area (Å²) in [5.41, 5.74) is 27.7. The third kappa shape index (κ3) is 19.8. The van der Waals surface area contributed by atoms with Gasteiger partial charge in [0.05, 0.1) is 0 Å². The zero-order valence-corrected chi connectivity index (χ0v) is 70.6. The normalized spacial score (nSPS) is 12.0. The topological polar surface area (TPSA) is 15.5 Å². The zero-order valence-electron chi connectivity index (χ0n) is 62.2. The van der Waals surface area contributed by atoms with Crippen molar-refractivity contribution in [2.24, 2.45) is 34.1 Å². The molecule has 478 valence electrons. The molecule has 4 nitrogen and oxygen atoms in total. The molecule has 0 atom stereocenters. The zero-order chi connectivity index (χ0) is 67.2. The second-order valence-corrected chi connectivity index (χ2v) is 73.6. The van der Waals surface area contributed by atoms with Crippen LogP contribution in [0.4, 0.5) is 0 Å². The van der Waals surface area contributed by atoms with Crippen molar-refractivity contribution in [1.29, 1.82) is 0 Å². The van der Waals surface area contributed by atoms with Crippen molar-refractivity contribution in [2.75, 3.05) is 0 Å². The Morgan fingerprint density at radius 1 is 0.326 bits per heavy atom. The summed E-state index contributed by atoms with van der Waals surface area (Å²) in [7, 11) is 8.75. The molecule has 0 saturated carbocycles. The monoisotopic (exact) mass is 1450 g/mol. The van der Waals surface area contributed by atoms with Gasteiger partial charge in [-0.15, -0.1) is 0 Å². The summed E-state index contributed by atoms with van der Waals surface area (Å²) >= 11 is -7.23. The van der Waals surface area contributed by atoms with Gasteiger partial charge in [-0.05, 0) is 0 Å². The van der Waals surface area contributed by atoms with Gasteiger partial charge in [0.2, 0.25) is 0 Å². The predicted molar refractivity (Wildman–Crippen MR) is 403 cm³/mol. The second kappa shape index (κ2) is 31.1. The molecule has 89 heavy (non-hydrogen) atoms. The van der Waals surface area contributed by atoms with E-state index in [1.54, 1.807) is 17.6 Å². The number of rotatable bonds is 14. The molecule has 0 aliphatic rings. The molecule has 0 amide bonds. The van der Waals surface area contributed by atoms with Crippen LogP contribution in [0.5, 0.6) is 0 Å². The van der Waals surface area contributed by atoms with Gasteiger partial charge in [0.25, 0.3) is 0 Å². The van der Waals surface area contributed by atoms with Crippen LogP contribution in [0.3, 0.4) is 0 Å². The summed E-state index contributed by atoms with van der Waals surface area (Å²) in [5, 5.41) is 0. The van der Waals surface area contributed by atoms with Gasteiger partial charge < -0.3 is 0 Å². The van der Waals surface area contributed by atoms with Crippen LogP contribution in [-0.4, -0.2) is 53.1 Å². The molecule has 4 aromatic heterocycles.